The van der Waals surface area contributed by atoms with Crippen LogP contribution in [0.15, 0.2) is 6.07 Å². The SMILES string of the molecule is O=[N+]([O-])c1c(F)c(O)cc(F)c1F. The number of hydrogen-bond donors (Lipinski definition) is 1. The number of hydrogen-bond acceptors (Lipinski definition) is 3. The third-order valence-electron chi connectivity index (χ3n) is 1.30. The van der Waals surface area contributed by atoms with Gasteiger partial charge in [-0.3, -0.25) is 10.1 Å². The Bertz CT molecular complexity index is 354. The van der Waals surface area contributed by atoms with Crippen LogP contribution in [0.1, 0.15) is 0 Å². The Morgan fingerprint density at radius 3 is 2.31 bits per heavy atom. The summed E-state index contributed by atoms with van der Waals surface area (Å²) >= 11 is 0. The van der Waals surface area contributed by atoms with Crippen molar-refractivity contribution in [2.45, 2.75) is 0 Å². The van der Waals surface area contributed by atoms with E-state index in [-0.39, 0.29) is 6.07 Å². The van der Waals surface area contributed by atoms with E-state index in [1.165, 1.54) is 0 Å². The van der Waals surface area contributed by atoms with Crippen molar-refractivity contribution < 1.29 is 23.2 Å². The third kappa shape index (κ3) is 1.40. The van der Waals surface area contributed by atoms with E-state index in [2.05, 4.69) is 0 Å². The Morgan fingerprint density at radius 2 is 1.85 bits per heavy atom. The Morgan fingerprint density at radius 1 is 1.31 bits per heavy atom. The lowest BCUT2D eigenvalue weighted by Crippen LogP contribution is -1.99. The first-order chi connectivity index (χ1) is 5.95. The fraction of sp³-hybridized carbons (Fsp3) is 0. The molecule has 1 aromatic rings. The molecule has 13 heavy (non-hydrogen) atoms. The number of phenols is 1. The molecule has 0 radical (unpaired) electrons. The number of halogens is 3. The van der Waals surface area contributed by atoms with Crippen LogP contribution in [0.2, 0.25) is 0 Å². The average molecular weight is 193 g/mol. The van der Waals surface area contributed by atoms with Gasteiger partial charge in [0.15, 0.2) is 11.6 Å². The van der Waals surface area contributed by atoms with Crippen molar-refractivity contribution in [3.8, 4) is 5.75 Å². The average Bonchev–Trinajstić information content (AvgIpc) is 2.01. The van der Waals surface area contributed by atoms with Gasteiger partial charge in [-0.2, -0.15) is 8.78 Å². The van der Waals surface area contributed by atoms with E-state index in [0.717, 1.165) is 0 Å². The van der Waals surface area contributed by atoms with E-state index in [1.807, 2.05) is 0 Å². The number of phenolic OH excluding ortho intramolecular Hbond substituents is 1. The minimum atomic E-state index is -1.93. The maximum absolute atomic E-state index is 12.6. The minimum absolute atomic E-state index is 0.123. The van der Waals surface area contributed by atoms with E-state index in [4.69, 9.17) is 5.11 Å². The zero-order chi connectivity index (χ0) is 10.2. The van der Waals surface area contributed by atoms with Crippen LogP contribution in [0.25, 0.3) is 0 Å². The van der Waals surface area contributed by atoms with E-state index in [0.29, 0.717) is 0 Å². The summed E-state index contributed by atoms with van der Waals surface area (Å²) in [6, 6.07) is 0.123. The largest absolute Gasteiger partial charge is 0.505 e. The molecule has 0 unspecified atom stereocenters. The van der Waals surface area contributed by atoms with Gasteiger partial charge in [-0.1, -0.05) is 0 Å². The standard InChI is InChI=1S/C6H2F3NO3/c7-2-1-3(11)5(9)6(4(2)8)10(12)13/h1,11H. The van der Waals surface area contributed by atoms with Crippen LogP contribution in [0.4, 0.5) is 18.9 Å². The van der Waals surface area contributed by atoms with Gasteiger partial charge in [-0.15, -0.1) is 0 Å². The van der Waals surface area contributed by atoms with Crippen molar-refractivity contribution in [3.05, 3.63) is 33.6 Å². The molecular formula is C6H2F3NO3. The summed E-state index contributed by atoms with van der Waals surface area (Å²) in [4.78, 5) is 8.54. The van der Waals surface area contributed by atoms with Crippen LogP contribution in [-0.2, 0) is 0 Å². The first kappa shape index (κ1) is 9.30. The summed E-state index contributed by atoms with van der Waals surface area (Å²) in [7, 11) is 0. The molecule has 0 spiro atoms. The van der Waals surface area contributed by atoms with Crippen LogP contribution >= 0.6 is 0 Å². The van der Waals surface area contributed by atoms with Crippen molar-refractivity contribution in [3.63, 3.8) is 0 Å². The molecule has 0 aliphatic carbocycles. The van der Waals surface area contributed by atoms with Crippen molar-refractivity contribution >= 4 is 5.69 Å². The second-order valence-corrected chi connectivity index (χ2v) is 2.11. The molecule has 1 N–H and O–H groups in total. The van der Waals surface area contributed by atoms with Crippen LogP contribution in [-0.4, -0.2) is 10.0 Å². The molecule has 0 heterocycles. The van der Waals surface area contributed by atoms with Gasteiger partial charge in [-0.05, 0) is 0 Å². The zero-order valence-electron chi connectivity index (χ0n) is 5.92. The quantitative estimate of drug-likeness (QED) is 0.419. The summed E-state index contributed by atoms with van der Waals surface area (Å²) < 4.78 is 37.5. The molecule has 0 amide bonds. The second kappa shape index (κ2) is 2.92. The van der Waals surface area contributed by atoms with Crippen molar-refractivity contribution in [1.29, 1.82) is 0 Å². The Labute approximate surface area is 69.4 Å². The van der Waals surface area contributed by atoms with Gasteiger partial charge in [0.1, 0.15) is 0 Å². The predicted octanol–water partition coefficient (Wildman–Crippen LogP) is 1.72. The molecule has 70 valence electrons. The number of aromatic hydroxyl groups is 1. The number of nitro groups is 1. The molecule has 0 aliphatic heterocycles. The Hall–Kier alpha value is -1.79. The first-order valence-corrected chi connectivity index (χ1v) is 2.96. The lowest BCUT2D eigenvalue weighted by Gasteiger charge is -1.98. The molecule has 1 aromatic carbocycles. The van der Waals surface area contributed by atoms with Crippen molar-refractivity contribution in [2.75, 3.05) is 0 Å². The molecular weight excluding hydrogens is 191 g/mol. The smallest absolute Gasteiger partial charge is 0.347 e. The van der Waals surface area contributed by atoms with E-state index in [1.54, 1.807) is 0 Å². The maximum atomic E-state index is 12.6. The van der Waals surface area contributed by atoms with Gasteiger partial charge >= 0.3 is 5.69 Å². The molecule has 0 aliphatic rings. The highest BCUT2D eigenvalue weighted by atomic mass is 19.2. The van der Waals surface area contributed by atoms with Crippen LogP contribution < -0.4 is 0 Å². The van der Waals surface area contributed by atoms with Gasteiger partial charge in [0, 0.05) is 6.07 Å². The second-order valence-electron chi connectivity index (χ2n) is 2.11. The fourth-order valence-electron chi connectivity index (χ4n) is 0.738. The number of rotatable bonds is 1. The van der Waals surface area contributed by atoms with Crippen LogP contribution in [0.5, 0.6) is 5.75 Å². The van der Waals surface area contributed by atoms with Gasteiger partial charge < -0.3 is 5.11 Å². The minimum Gasteiger partial charge on any atom is -0.505 e. The monoisotopic (exact) mass is 193 g/mol. The summed E-state index contributed by atoms with van der Waals surface area (Å²) in [6.07, 6.45) is 0. The van der Waals surface area contributed by atoms with E-state index >= 15 is 0 Å². The van der Waals surface area contributed by atoms with E-state index in [9.17, 15) is 23.3 Å². The predicted molar refractivity (Wildman–Crippen MR) is 34.6 cm³/mol. The fourth-order valence-corrected chi connectivity index (χ4v) is 0.738. The topological polar surface area (TPSA) is 63.4 Å². The van der Waals surface area contributed by atoms with Crippen LogP contribution in [0, 0.1) is 27.6 Å². The number of nitro benzene ring substituents is 1. The summed E-state index contributed by atoms with van der Waals surface area (Å²) in [5.41, 5.74) is -1.70. The third-order valence-corrected chi connectivity index (χ3v) is 1.30. The molecule has 0 atom stereocenters. The van der Waals surface area contributed by atoms with Gasteiger partial charge in [-0.25, -0.2) is 4.39 Å². The molecule has 0 saturated heterocycles. The number of nitrogens with zero attached hydrogens (tertiary/aromatic N) is 1. The van der Waals surface area contributed by atoms with E-state index < -0.39 is 33.8 Å². The van der Waals surface area contributed by atoms with Gasteiger partial charge in [0.2, 0.25) is 11.6 Å². The molecule has 0 fully saturated rings. The molecule has 0 bridgehead atoms. The zero-order valence-corrected chi connectivity index (χ0v) is 5.92. The lowest BCUT2D eigenvalue weighted by atomic mass is 10.2. The highest BCUT2D eigenvalue weighted by molar-refractivity contribution is 5.42. The highest BCUT2D eigenvalue weighted by Gasteiger charge is 2.27. The van der Waals surface area contributed by atoms with Gasteiger partial charge in [0.25, 0.3) is 0 Å². The maximum Gasteiger partial charge on any atom is 0.347 e. The highest BCUT2D eigenvalue weighted by Crippen LogP contribution is 2.30. The summed E-state index contributed by atoms with van der Waals surface area (Å²) in [6.45, 7) is 0. The van der Waals surface area contributed by atoms with Crippen molar-refractivity contribution in [2.24, 2.45) is 0 Å². The summed E-state index contributed by atoms with van der Waals surface area (Å²) in [5.74, 6) is -6.69. The Kier molecular flexibility index (Phi) is 2.09. The molecule has 4 nitrogen and oxygen atoms in total. The first-order valence-electron chi connectivity index (χ1n) is 2.96. The van der Waals surface area contributed by atoms with Crippen LogP contribution in [0.3, 0.4) is 0 Å². The number of benzene rings is 1. The Balaban J connectivity index is 3.56. The van der Waals surface area contributed by atoms with Crippen molar-refractivity contribution in [1.82, 2.24) is 0 Å². The summed E-state index contributed by atoms with van der Waals surface area (Å²) in [5, 5.41) is 18.6. The lowest BCUT2D eigenvalue weighted by molar-refractivity contribution is -0.390. The molecule has 0 aromatic heterocycles. The molecule has 7 heteroatoms. The molecule has 0 saturated carbocycles. The normalized spacial score (nSPS) is 10.1. The molecule has 1 rings (SSSR count). The van der Waals surface area contributed by atoms with Gasteiger partial charge in [0.05, 0.1) is 4.92 Å².